The van der Waals surface area contributed by atoms with E-state index >= 15 is 0 Å². The lowest BCUT2D eigenvalue weighted by Crippen LogP contribution is -1.96. The van der Waals surface area contributed by atoms with E-state index < -0.39 is 0 Å². The molecule has 0 aliphatic rings. The minimum atomic E-state index is -0.387. The molecule has 0 aliphatic heterocycles. The zero-order chi connectivity index (χ0) is 10.6. The highest BCUT2D eigenvalue weighted by atomic mass is 35.5. The molecule has 0 spiro atoms. The van der Waals surface area contributed by atoms with E-state index in [1.54, 1.807) is 12.1 Å². The second kappa shape index (κ2) is 5.13. The number of nitrogens with two attached hydrogens (primary N) is 1. The van der Waals surface area contributed by atoms with E-state index in [9.17, 15) is 4.39 Å². The summed E-state index contributed by atoms with van der Waals surface area (Å²) in [5.41, 5.74) is 7.38. The Morgan fingerprint density at radius 3 is 2.86 bits per heavy atom. The fourth-order valence-corrected chi connectivity index (χ4v) is 1.34. The smallest absolute Gasteiger partial charge is 0.141 e. The van der Waals surface area contributed by atoms with Crippen LogP contribution in [0.5, 0.6) is 0 Å². The molecule has 0 saturated carbocycles. The molecule has 0 heterocycles. The van der Waals surface area contributed by atoms with Gasteiger partial charge in [0.2, 0.25) is 0 Å². The quantitative estimate of drug-likeness (QED) is 0.820. The van der Waals surface area contributed by atoms with Crippen molar-refractivity contribution in [3.8, 4) is 0 Å². The number of hydrogen-bond donors (Lipinski definition) is 1. The average Bonchev–Trinajstić information content (AvgIpc) is 2.18. The molecule has 0 atom stereocenters. The van der Waals surface area contributed by atoms with Gasteiger partial charge < -0.3 is 5.73 Å². The predicted octanol–water partition coefficient (Wildman–Crippen LogP) is 3.23. The molecular formula is C11H13ClFN. The van der Waals surface area contributed by atoms with Gasteiger partial charge in [0.1, 0.15) is 5.82 Å². The monoisotopic (exact) mass is 213 g/mol. The summed E-state index contributed by atoms with van der Waals surface area (Å²) in [4.78, 5) is 0. The summed E-state index contributed by atoms with van der Waals surface area (Å²) < 4.78 is 12.8. The van der Waals surface area contributed by atoms with Crippen LogP contribution in [-0.2, 0) is 0 Å². The topological polar surface area (TPSA) is 26.0 Å². The standard InChI is InChI=1S/C11H13ClFN/c1-8(3-2-6-14)9-4-5-11(13)10(12)7-9/h3-5,7H,2,6,14H2,1H3. The maximum Gasteiger partial charge on any atom is 0.141 e. The van der Waals surface area contributed by atoms with Gasteiger partial charge in [0, 0.05) is 0 Å². The van der Waals surface area contributed by atoms with E-state index in [1.807, 2.05) is 13.0 Å². The third kappa shape index (κ3) is 2.82. The first-order valence-corrected chi connectivity index (χ1v) is 4.85. The van der Waals surface area contributed by atoms with Crippen LogP contribution in [0, 0.1) is 5.82 Å². The van der Waals surface area contributed by atoms with Crippen LogP contribution in [0.1, 0.15) is 18.9 Å². The Morgan fingerprint density at radius 1 is 1.57 bits per heavy atom. The molecule has 3 heteroatoms. The first kappa shape index (κ1) is 11.2. The number of allylic oxidation sites excluding steroid dienone is 1. The molecule has 0 aromatic heterocycles. The maximum absolute atomic E-state index is 12.8. The fourth-order valence-electron chi connectivity index (χ4n) is 1.16. The van der Waals surface area contributed by atoms with Crippen molar-refractivity contribution in [2.24, 2.45) is 5.73 Å². The molecule has 2 N–H and O–H groups in total. The fraction of sp³-hybridized carbons (Fsp3) is 0.273. The predicted molar refractivity (Wildman–Crippen MR) is 58.7 cm³/mol. The number of rotatable bonds is 3. The first-order chi connectivity index (χ1) is 6.65. The van der Waals surface area contributed by atoms with Crippen molar-refractivity contribution in [2.75, 3.05) is 6.54 Å². The van der Waals surface area contributed by atoms with Gasteiger partial charge in [-0.05, 0) is 43.2 Å². The van der Waals surface area contributed by atoms with Crippen LogP contribution in [0.3, 0.4) is 0 Å². The molecule has 0 amide bonds. The van der Waals surface area contributed by atoms with Crippen LogP contribution in [0.25, 0.3) is 5.57 Å². The zero-order valence-electron chi connectivity index (χ0n) is 8.06. The molecule has 14 heavy (non-hydrogen) atoms. The van der Waals surface area contributed by atoms with Gasteiger partial charge in [-0.2, -0.15) is 0 Å². The molecule has 0 bridgehead atoms. The second-order valence-corrected chi connectivity index (χ2v) is 3.50. The molecule has 76 valence electrons. The molecule has 0 saturated heterocycles. The lowest BCUT2D eigenvalue weighted by atomic mass is 10.1. The molecule has 1 rings (SSSR count). The third-order valence-electron chi connectivity index (χ3n) is 1.99. The van der Waals surface area contributed by atoms with Gasteiger partial charge in [-0.3, -0.25) is 0 Å². The van der Waals surface area contributed by atoms with E-state index in [2.05, 4.69) is 0 Å². The van der Waals surface area contributed by atoms with Gasteiger partial charge in [0.15, 0.2) is 0 Å². The highest BCUT2D eigenvalue weighted by molar-refractivity contribution is 6.30. The van der Waals surface area contributed by atoms with Crippen LogP contribution in [-0.4, -0.2) is 6.54 Å². The minimum Gasteiger partial charge on any atom is -0.330 e. The number of halogens is 2. The molecular weight excluding hydrogens is 201 g/mol. The van der Waals surface area contributed by atoms with Crippen LogP contribution in [0.2, 0.25) is 5.02 Å². The Morgan fingerprint density at radius 2 is 2.29 bits per heavy atom. The van der Waals surface area contributed by atoms with Crippen molar-refractivity contribution in [3.63, 3.8) is 0 Å². The first-order valence-electron chi connectivity index (χ1n) is 4.47. The lowest BCUT2D eigenvalue weighted by molar-refractivity contribution is 0.628. The zero-order valence-corrected chi connectivity index (χ0v) is 8.81. The second-order valence-electron chi connectivity index (χ2n) is 3.09. The Hall–Kier alpha value is -0.860. The van der Waals surface area contributed by atoms with Gasteiger partial charge in [-0.1, -0.05) is 23.7 Å². The van der Waals surface area contributed by atoms with Crippen molar-refractivity contribution in [2.45, 2.75) is 13.3 Å². The number of hydrogen-bond acceptors (Lipinski definition) is 1. The molecule has 0 aliphatic carbocycles. The van der Waals surface area contributed by atoms with E-state index in [0.29, 0.717) is 6.54 Å². The van der Waals surface area contributed by atoms with E-state index in [1.165, 1.54) is 6.07 Å². The molecule has 1 nitrogen and oxygen atoms in total. The Bertz CT molecular complexity index is 347. The maximum atomic E-state index is 12.8. The normalized spacial score (nSPS) is 11.9. The van der Waals surface area contributed by atoms with Gasteiger partial charge in [-0.25, -0.2) is 4.39 Å². The summed E-state index contributed by atoms with van der Waals surface area (Å²) in [5, 5.41) is 0.156. The molecule has 1 aromatic rings. The van der Waals surface area contributed by atoms with Crippen molar-refractivity contribution in [3.05, 3.63) is 40.7 Å². The van der Waals surface area contributed by atoms with Gasteiger partial charge in [0.25, 0.3) is 0 Å². The van der Waals surface area contributed by atoms with Crippen molar-refractivity contribution < 1.29 is 4.39 Å². The van der Waals surface area contributed by atoms with Gasteiger partial charge in [-0.15, -0.1) is 0 Å². The molecule has 0 radical (unpaired) electrons. The largest absolute Gasteiger partial charge is 0.330 e. The van der Waals surface area contributed by atoms with Gasteiger partial charge >= 0.3 is 0 Å². The Kier molecular flexibility index (Phi) is 4.11. The Balaban J connectivity index is 2.91. The lowest BCUT2D eigenvalue weighted by Gasteiger charge is -2.02. The van der Waals surface area contributed by atoms with Crippen LogP contribution in [0.15, 0.2) is 24.3 Å². The highest BCUT2D eigenvalue weighted by Gasteiger charge is 2.01. The average molecular weight is 214 g/mol. The summed E-state index contributed by atoms with van der Waals surface area (Å²) in [6.07, 6.45) is 2.84. The molecule has 1 aromatic carbocycles. The van der Waals surface area contributed by atoms with Crippen molar-refractivity contribution in [1.82, 2.24) is 0 Å². The highest BCUT2D eigenvalue weighted by Crippen LogP contribution is 2.21. The molecule has 0 fully saturated rings. The van der Waals surface area contributed by atoms with Crippen LogP contribution < -0.4 is 5.73 Å². The van der Waals surface area contributed by atoms with E-state index in [4.69, 9.17) is 17.3 Å². The Labute approximate surface area is 88.4 Å². The summed E-state index contributed by atoms with van der Waals surface area (Å²) in [7, 11) is 0. The minimum absolute atomic E-state index is 0.156. The van der Waals surface area contributed by atoms with E-state index in [0.717, 1.165) is 17.6 Å². The van der Waals surface area contributed by atoms with Crippen molar-refractivity contribution in [1.29, 1.82) is 0 Å². The molecule has 0 unspecified atom stereocenters. The summed E-state index contributed by atoms with van der Waals surface area (Å²) in [6.45, 7) is 2.57. The number of benzene rings is 1. The van der Waals surface area contributed by atoms with Gasteiger partial charge in [0.05, 0.1) is 5.02 Å². The third-order valence-corrected chi connectivity index (χ3v) is 2.28. The summed E-state index contributed by atoms with van der Waals surface area (Å²) >= 11 is 5.67. The SMILES string of the molecule is CC(=CCCN)c1ccc(F)c(Cl)c1. The van der Waals surface area contributed by atoms with Crippen molar-refractivity contribution >= 4 is 17.2 Å². The van der Waals surface area contributed by atoms with E-state index in [-0.39, 0.29) is 10.8 Å². The van der Waals surface area contributed by atoms with Crippen LogP contribution in [0.4, 0.5) is 4.39 Å². The summed E-state index contributed by atoms with van der Waals surface area (Å²) in [6, 6.07) is 4.71. The van der Waals surface area contributed by atoms with Crippen LogP contribution >= 0.6 is 11.6 Å². The summed E-state index contributed by atoms with van der Waals surface area (Å²) in [5.74, 6) is -0.387.